The molecule has 0 aliphatic carbocycles. The highest BCUT2D eigenvalue weighted by Crippen LogP contribution is 2.31. The number of esters is 1. The molecule has 2 aromatic carbocycles. The van der Waals surface area contributed by atoms with E-state index in [0.717, 1.165) is 24.8 Å². The van der Waals surface area contributed by atoms with Gasteiger partial charge in [-0.1, -0.05) is 30.3 Å². The van der Waals surface area contributed by atoms with E-state index in [2.05, 4.69) is 0 Å². The zero-order valence-corrected chi connectivity index (χ0v) is 18.3. The van der Waals surface area contributed by atoms with E-state index >= 15 is 0 Å². The summed E-state index contributed by atoms with van der Waals surface area (Å²) in [5.41, 5.74) is 2.30. The van der Waals surface area contributed by atoms with Gasteiger partial charge in [0.25, 0.3) is 5.91 Å². The minimum absolute atomic E-state index is 0.205. The normalized spacial score (nSPS) is 17.2. The second kappa shape index (κ2) is 8.70. The maximum absolute atomic E-state index is 13.2. The van der Waals surface area contributed by atoms with Crippen LogP contribution in [-0.2, 0) is 26.0 Å². The van der Waals surface area contributed by atoms with Gasteiger partial charge in [-0.05, 0) is 49.4 Å². The Kier molecular flexibility index (Phi) is 6.00. The molecule has 7 nitrogen and oxygen atoms in total. The van der Waals surface area contributed by atoms with E-state index < -0.39 is 22.1 Å². The maximum atomic E-state index is 13.2. The highest BCUT2D eigenvalue weighted by Gasteiger charge is 2.32. The lowest BCUT2D eigenvalue weighted by Gasteiger charge is -2.30. The van der Waals surface area contributed by atoms with Gasteiger partial charge in [0.2, 0.25) is 16.1 Å². The summed E-state index contributed by atoms with van der Waals surface area (Å²) in [6.45, 7) is 1.69. The van der Waals surface area contributed by atoms with Gasteiger partial charge in [0, 0.05) is 25.2 Å². The fraction of sp³-hybridized carbons (Fsp3) is 0.391. The molecule has 0 radical (unpaired) electrons. The van der Waals surface area contributed by atoms with Crippen molar-refractivity contribution in [1.29, 1.82) is 0 Å². The molecule has 0 bridgehead atoms. The first-order valence-corrected chi connectivity index (χ1v) is 12.3. The van der Waals surface area contributed by atoms with E-state index in [0.29, 0.717) is 42.9 Å². The molecule has 2 aliphatic rings. The Labute approximate surface area is 182 Å². The number of anilines is 1. The number of benzene rings is 2. The number of carbonyl (C=O) groups excluding carboxylic acids is 2. The van der Waals surface area contributed by atoms with Crippen molar-refractivity contribution >= 4 is 27.6 Å². The highest BCUT2D eigenvalue weighted by molar-refractivity contribution is 7.92. The van der Waals surface area contributed by atoms with E-state index in [1.54, 1.807) is 35.2 Å². The van der Waals surface area contributed by atoms with Crippen LogP contribution in [0.25, 0.3) is 0 Å². The van der Waals surface area contributed by atoms with E-state index in [-0.39, 0.29) is 5.91 Å². The lowest BCUT2D eigenvalue weighted by molar-refractivity contribution is -0.142. The topological polar surface area (TPSA) is 84.0 Å². The molecule has 1 fully saturated rings. The second-order valence-corrected chi connectivity index (χ2v) is 9.92. The molecule has 1 atom stereocenters. The molecule has 164 valence electrons. The lowest BCUT2D eigenvalue weighted by atomic mass is 10.1. The smallest absolute Gasteiger partial charge is 0.339 e. The van der Waals surface area contributed by atoms with Crippen LogP contribution in [-0.4, -0.2) is 51.1 Å². The summed E-state index contributed by atoms with van der Waals surface area (Å²) in [4.78, 5) is 27.9. The second-order valence-electron chi connectivity index (χ2n) is 8.01. The monoisotopic (exact) mass is 442 g/mol. The Morgan fingerprint density at radius 2 is 1.68 bits per heavy atom. The van der Waals surface area contributed by atoms with Crippen LogP contribution in [0.15, 0.2) is 48.5 Å². The third-order valence-electron chi connectivity index (χ3n) is 5.79. The van der Waals surface area contributed by atoms with Crippen molar-refractivity contribution in [2.45, 2.75) is 31.8 Å². The molecular weight excluding hydrogens is 416 g/mol. The molecule has 2 aromatic rings. The first kappa shape index (κ1) is 21.4. The minimum Gasteiger partial charge on any atom is -0.444 e. The Bertz CT molecular complexity index is 1080. The average molecular weight is 443 g/mol. The van der Waals surface area contributed by atoms with Crippen LogP contribution < -0.4 is 4.31 Å². The van der Waals surface area contributed by atoms with Gasteiger partial charge in [-0.25, -0.2) is 13.2 Å². The molecule has 0 aromatic heterocycles. The SMILES string of the molecule is CS(=O)(=O)N1CCc2cc(C(=O)OC(C(=O)N3CCCCC3)c3ccccc3)ccc21. The first-order chi connectivity index (χ1) is 14.8. The zero-order chi connectivity index (χ0) is 22.0. The fourth-order valence-corrected chi connectivity index (χ4v) is 5.15. The minimum atomic E-state index is -3.36. The van der Waals surface area contributed by atoms with Gasteiger partial charge < -0.3 is 9.64 Å². The van der Waals surface area contributed by atoms with Crippen molar-refractivity contribution in [2.75, 3.05) is 30.2 Å². The number of hydrogen-bond donors (Lipinski definition) is 0. The number of hydrogen-bond acceptors (Lipinski definition) is 5. The molecule has 2 aliphatic heterocycles. The van der Waals surface area contributed by atoms with Crippen molar-refractivity contribution < 1.29 is 22.7 Å². The van der Waals surface area contributed by atoms with Crippen LogP contribution in [0.1, 0.15) is 46.9 Å². The molecular formula is C23H26N2O5S. The third kappa shape index (κ3) is 4.58. The Morgan fingerprint density at radius 3 is 2.35 bits per heavy atom. The van der Waals surface area contributed by atoms with Crippen LogP contribution >= 0.6 is 0 Å². The molecule has 8 heteroatoms. The Balaban J connectivity index is 1.57. The third-order valence-corrected chi connectivity index (χ3v) is 6.97. The molecule has 31 heavy (non-hydrogen) atoms. The molecule has 0 N–H and O–H groups in total. The maximum Gasteiger partial charge on any atom is 0.339 e. The Hall–Kier alpha value is -2.87. The van der Waals surface area contributed by atoms with E-state index in [1.165, 1.54) is 10.6 Å². The predicted octanol–water partition coefficient (Wildman–Crippen LogP) is 2.92. The number of likely N-dealkylation sites (tertiary alicyclic amines) is 1. The molecule has 1 amide bonds. The number of ether oxygens (including phenoxy) is 1. The summed E-state index contributed by atoms with van der Waals surface area (Å²) in [6, 6.07) is 13.9. The molecule has 0 spiro atoms. The number of nitrogens with zero attached hydrogens (tertiary/aromatic N) is 2. The fourth-order valence-electron chi connectivity index (χ4n) is 4.19. The summed E-state index contributed by atoms with van der Waals surface area (Å²) < 4.78 is 30.9. The van der Waals surface area contributed by atoms with Gasteiger partial charge in [0.1, 0.15) is 0 Å². The van der Waals surface area contributed by atoms with Gasteiger partial charge in [0.05, 0.1) is 17.5 Å². The van der Waals surface area contributed by atoms with Crippen LogP contribution in [0.5, 0.6) is 0 Å². The van der Waals surface area contributed by atoms with Crippen LogP contribution in [0.2, 0.25) is 0 Å². The number of fused-ring (bicyclic) bond motifs is 1. The summed E-state index contributed by atoms with van der Waals surface area (Å²) >= 11 is 0. The number of sulfonamides is 1. The van der Waals surface area contributed by atoms with Crippen LogP contribution in [0, 0.1) is 0 Å². The van der Waals surface area contributed by atoms with Gasteiger partial charge in [-0.2, -0.15) is 0 Å². The van der Waals surface area contributed by atoms with Crippen LogP contribution in [0.3, 0.4) is 0 Å². The molecule has 1 saturated heterocycles. The van der Waals surface area contributed by atoms with E-state index in [9.17, 15) is 18.0 Å². The number of rotatable bonds is 5. The van der Waals surface area contributed by atoms with Crippen molar-refractivity contribution in [2.24, 2.45) is 0 Å². The quantitative estimate of drug-likeness (QED) is 0.665. The summed E-state index contributed by atoms with van der Waals surface area (Å²) in [5.74, 6) is -0.802. The van der Waals surface area contributed by atoms with Crippen molar-refractivity contribution in [1.82, 2.24) is 4.90 Å². The van der Waals surface area contributed by atoms with Crippen molar-refractivity contribution in [3.8, 4) is 0 Å². The van der Waals surface area contributed by atoms with Gasteiger partial charge in [-0.15, -0.1) is 0 Å². The summed E-state index contributed by atoms with van der Waals surface area (Å²) in [5, 5.41) is 0. The van der Waals surface area contributed by atoms with Gasteiger partial charge in [-0.3, -0.25) is 9.10 Å². The van der Waals surface area contributed by atoms with Crippen molar-refractivity contribution in [3.63, 3.8) is 0 Å². The number of carbonyl (C=O) groups is 2. The van der Waals surface area contributed by atoms with Gasteiger partial charge >= 0.3 is 5.97 Å². The van der Waals surface area contributed by atoms with Crippen LogP contribution in [0.4, 0.5) is 5.69 Å². The van der Waals surface area contributed by atoms with Gasteiger partial charge in [0.15, 0.2) is 0 Å². The van der Waals surface area contributed by atoms with E-state index in [1.807, 2.05) is 18.2 Å². The Morgan fingerprint density at radius 1 is 0.968 bits per heavy atom. The highest BCUT2D eigenvalue weighted by atomic mass is 32.2. The lowest BCUT2D eigenvalue weighted by Crippen LogP contribution is -2.40. The summed E-state index contributed by atoms with van der Waals surface area (Å²) in [6.07, 6.45) is 3.68. The number of piperidine rings is 1. The van der Waals surface area contributed by atoms with Crippen molar-refractivity contribution in [3.05, 3.63) is 65.2 Å². The predicted molar refractivity (Wildman–Crippen MR) is 117 cm³/mol. The standard InChI is InChI=1S/C23H26N2O5S/c1-31(28,29)25-15-12-18-16-19(10-11-20(18)25)23(27)30-21(17-8-4-2-5-9-17)22(26)24-13-6-3-7-14-24/h2,4-5,8-11,16,21H,3,6-7,12-15H2,1H3. The average Bonchev–Trinajstić information content (AvgIpc) is 3.22. The largest absolute Gasteiger partial charge is 0.444 e. The molecule has 0 saturated carbocycles. The molecule has 1 unspecified atom stereocenters. The molecule has 2 heterocycles. The molecule has 4 rings (SSSR count). The van der Waals surface area contributed by atoms with E-state index in [4.69, 9.17) is 4.74 Å². The summed E-state index contributed by atoms with van der Waals surface area (Å²) in [7, 11) is -3.36. The zero-order valence-electron chi connectivity index (χ0n) is 17.5. The number of amides is 1. The first-order valence-electron chi connectivity index (χ1n) is 10.5.